The van der Waals surface area contributed by atoms with Crippen LogP contribution >= 0.6 is 0 Å². The zero-order valence-corrected chi connectivity index (χ0v) is 22.6. The first-order chi connectivity index (χ1) is 17.4. The number of hydrogen-bond acceptors (Lipinski definition) is 8. The van der Waals surface area contributed by atoms with Gasteiger partial charge in [-0.3, -0.25) is 14.4 Å². The van der Waals surface area contributed by atoms with Crippen LogP contribution in [0.5, 0.6) is 0 Å². The Kier molecular flexibility index (Phi) is 11.2. The van der Waals surface area contributed by atoms with Gasteiger partial charge in [0.05, 0.1) is 25.0 Å². The van der Waals surface area contributed by atoms with E-state index < -0.39 is 41.9 Å². The van der Waals surface area contributed by atoms with Crippen LogP contribution in [0.3, 0.4) is 0 Å². The Hall–Kier alpha value is -2.85. The average Bonchev–Trinajstić information content (AvgIpc) is 2.86. The molecule has 0 unspecified atom stereocenters. The molecule has 0 fully saturated rings. The summed E-state index contributed by atoms with van der Waals surface area (Å²) in [7, 11) is 4.28. The van der Waals surface area contributed by atoms with Crippen LogP contribution in [0.2, 0.25) is 0 Å². The van der Waals surface area contributed by atoms with Crippen molar-refractivity contribution >= 4 is 17.5 Å². The zero-order valence-electron chi connectivity index (χ0n) is 22.6. The smallest absolute Gasteiger partial charge is 0.251 e. The van der Waals surface area contributed by atoms with Crippen molar-refractivity contribution in [1.82, 2.24) is 5.32 Å². The molecule has 3 N–H and O–H groups in total. The summed E-state index contributed by atoms with van der Waals surface area (Å²) >= 11 is 0. The minimum absolute atomic E-state index is 0.0584. The van der Waals surface area contributed by atoms with Gasteiger partial charge in [0.15, 0.2) is 5.76 Å². The van der Waals surface area contributed by atoms with Crippen LogP contribution < -0.4 is 5.32 Å². The number of ketones is 2. The first-order valence-corrected chi connectivity index (χ1v) is 12.3. The van der Waals surface area contributed by atoms with E-state index in [4.69, 9.17) is 14.2 Å². The maximum absolute atomic E-state index is 13.3. The molecule has 2 bridgehead atoms. The third-order valence-electron chi connectivity index (χ3n) is 6.73. The fraction of sp³-hybridized carbons (Fsp3) is 0.536. The molecule has 1 aliphatic carbocycles. The Balaban J connectivity index is 2.53. The second-order valence-electron chi connectivity index (χ2n) is 9.68. The number of methoxy groups -OCH3 is 3. The second kappa shape index (κ2) is 13.6. The third kappa shape index (κ3) is 7.58. The summed E-state index contributed by atoms with van der Waals surface area (Å²) in [5, 5.41) is 24.4. The summed E-state index contributed by atoms with van der Waals surface area (Å²) in [4.78, 5) is 38.7. The van der Waals surface area contributed by atoms with Gasteiger partial charge in [-0.1, -0.05) is 38.2 Å². The number of Topliss-reactive ketones (excluding diaryl/α,β-unsaturated/α-hetero) is 1. The predicted molar refractivity (Wildman–Crippen MR) is 138 cm³/mol. The molecular weight excluding hydrogens is 478 g/mol. The number of rotatable bonds is 3. The molecule has 2 rings (SSSR count). The van der Waals surface area contributed by atoms with Gasteiger partial charge in [0.2, 0.25) is 11.6 Å². The Labute approximate surface area is 218 Å². The maximum atomic E-state index is 13.3. The molecule has 0 aromatic carbocycles. The van der Waals surface area contributed by atoms with Crippen LogP contribution in [0.1, 0.15) is 40.5 Å². The van der Waals surface area contributed by atoms with Crippen molar-refractivity contribution in [3.8, 4) is 0 Å². The molecule has 204 valence electrons. The maximum Gasteiger partial charge on any atom is 0.251 e. The summed E-state index contributed by atoms with van der Waals surface area (Å²) in [6.07, 6.45) is 4.96. The van der Waals surface area contributed by atoms with E-state index in [2.05, 4.69) is 5.32 Å². The van der Waals surface area contributed by atoms with Crippen molar-refractivity contribution in [2.24, 2.45) is 11.8 Å². The van der Waals surface area contributed by atoms with E-state index in [1.807, 2.05) is 13.8 Å². The van der Waals surface area contributed by atoms with Crippen molar-refractivity contribution < 1.29 is 38.8 Å². The van der Waals surface area contributed by atoms with Crippen LogP contribution in [0.15, 0.2) is 58.6 Å². The molecule has 0 saturated heterocycles. The molecule has 0 aromatic rings. The van der Waals surface area contributed by atoms with E-state index in [0.29, 0.717) is 12.0 Å². The Morgan fingerprint density at radius 1 is 1.03 bits per heavy atom. The SMILES string of the molecule is COC1=C2C[C@@H](C)C[C@H](OC)[C@H](O)[C@@H](C)C=C(C)[C@H](O)[C@@H](OC)C=CC=C(C)C(=O)NC(=CC1=O)C2=O. The summed E-state index contributed by atoms with van der Waals surface area (Å²) < 4.78 is 16.2. The van der Waals surface area contributed by atoms with E-state index >= 15 is 0 Å². The molecular formula is C28H39NO8. The van der Waals surface area contributed by atoms with E-state index in [1.54, 1.807) is 32.1 Å². The highest BCUT2D eigenvalue weighted by atomic mass is 16.5. The number of fused-ring (bicyclic) bond motifs is 2. The predicted octanol–water partition coefficient (Wildman–Crippen LogP) is 2.31. The van der Waals surface area contributed by atoms with Gasteiger partial charge in [-0.15, -0.1) is 0 Å². The molecule has 0 spiro atoms. The van der Waals surface area contributed by atoms with Crippen LogP contribution in [0.25, 0.3) is 0 Å². The van der Waals surface area contributed by atoms with Crippen LogP contribution in [-0.2, 0) is 28.6 Å². The molecule has 37 heavy (non-hydrogen) atoms. The van der Waals surface area contributed by atoms with E-state index in [0.717, 1.165) is 6.08 Å². The molecule has 2 aliphatic rings. The van der Waals surface area contributed by atoms with Crippen molar-refractivity contribution in [3.05, 3.63) is 58.6 Å². The Morgan fingerprint density at radius 3 is 2.30 bits per heavy atom. The van der Waals surface area contributed by atoms with E-state index in [1.165, 1.54) is 27.4 Å². The molecule has 0 aromatic heterocycles. The fourth-order valence-corrected chi connectivity index (χ4v) is 4.51. The van der Waals surface area contributed by atoms with Crippen molar-refractivity contribution in [1.29, 1.82) is 0 Å². The number of carbonyl (C=O) groups excluding carboxylic acids is 3. The minimum Gasteiger partial charge on any atom is -0.492 e. The normalized spacial score (nSPS) is 30.9. The lowest BCUT2D eigenvalue weighted by Gasteiger charge is -2.29. The minimum atomic E-state index is -0.979. The Morgan fingerprint density at radius 2 is 1.70 bits per heavy atom. The number of allylic oxidation sites excluding steroid dienone is 4. The number of carbonyl (C=O) groups is 3. The number of aliphatic hydroxyl groups is 2. The summed E-state index contributed by atoms with van der Waals surface area (Å²) in [6.45, 7) is 7.03. The third-order valence-corrected chi connectivity index (χ3v) is 6.73. The van der Waals surface area contributed by atoms with Crippen LogP contribution in [0, 0.1) is 11.8 Å². The van der Waals surface area contributed by atoms with Gasteiger partial charge >= 0.3 is 0 Å². The Bertz CT molecular complexity index is 1030. The van der Waals surface area contributed by atoms with Crippen LogP contribution in [-0.4, -0.2) is 73.4 Å². The van der Waals surface area contributed by atoms with E-state index in [9.17, 15) is 24.6 Å². The first kappa shape index (κ1) is 30.4. The largest absolute Gasteiger partial charge is 0.492 e. The second-order valence-corrected chi connectivity index (χ2v) is 9.68. The van der Waals surface area contributed by atoms with Crippen molar-refractivity contribution in [2.45, 2.75) is 65.0 Å². The first-order valence-electron chi connectivity index (χ1n) is 12.3. The molecule has 9 nitrogen and oxygen atoms in total. The highest BCUT2D eigenvalue weighted by Crippen LogP contribution is 2.29. The van der Waals surface area contributed by atoms with Gasteiger partial charge in [0, 0.05) is 37.4 Å². The van der Waals surface area contributed by atoms with Crippen LogP contribution in [0.4, 0.5) is 0 Å². The molecule has 6 atom stereocenters. The average molecular weight is 518 g/mol. The highest BCUT2D eigenvalue weighted by Gasteiger charge is 2.33. The van der Waals surface area contributed by atoms with E-state index in [-0.39, 0.29) is 40.9 Å². The van der Waals surface area contributed by atoms with Gasteiger partial charge in [0.25, 0.3) is 5.91 Å². The van der Waals surface area contributed by atoms with Gasteiger partial charge in [-0.05, 0) is 38.2 Å². The number of hydrogen-bond donors (Lipinski definition) is 3. The number of amides is 1. The standard InChI is InChI=1S/C28H39NO8/c1-15-11-19-26(33)20(14-21(30)27(19)37-7)29-28(34)16(2)9-8-10-22(35-5)24(31)17(3)13-18(4)25(32)23(12-15)36-6/h8-10,13-15,18,22-25,31-32H,11-12H2,1-7H3,(H,29,34)/t15-,18+,22+,23+,24+,25-/m1/s1. The number of ether oxygens (including phenoxy) is 3. The number of aliphatic hydroxyl groups excluding tert-OH is 2. The highest BCUT2D eigenvalue weighted by molar-refractivity contribution is 6.23. The van der Waals surface area contributed by atoms with Gasteiger partial charge in [0.1, 0.15) is 12.2 Å². The summed E-state index contributed by atoms with van der Waals surface area (Å²) in [5.41, 5.74) is 0.927. The quantitative estimate of drug-likeness (QED) is 0.384. The molecule has 9 heteroatoms. The molecule has 1 amide bonds. The molecule has 1 heterocycles. The monoisotopic (exact) mass is 517 g/mol. The lowest BCUT2D eigenvalue weighted by molar-refractivity contribution is -0.120. The van der Waals surface area contributed by atoms with Gasteiger partial charge in [-0.2, -0.15) is 0 Å². The topological polar surface area (TPSA) is 131 Å². The molecule has 0 radical (unpaired) electrons. The molecule has 0 saturated carbocycles. The fourth-order valence-electron chi connectivity index (χ4n) is 4.51. The summed E-state index contributed by atoms with van der Waals surface area (Å²) in [6, 6.07) is 0. The van der Waals surface area contributed by atoms with Crippen molar-refractivity contribution in [3.63, 3.8) is 0 Å². The van der Waals surface area contributed by atoms with Crippen molar-refractivity contribution in [2.75, 3.05) is 21.3 Å². The zero-order chi connectivity index (χ0) is 27.9. The van der Waals surface area contributed by atoms with Gasteiger partial charge in [-0.25, -0.2) is 0 Å². The van der Waals surface area contributed by atoms with Gasteiger partial charge < -0.3 is 29.7 Å². The number of nitrogens with one attached hydrogen (secondary N) is 1. The lowest BCUT2D eigenvalue weighted by atomic mass is 9.85. The molecule has 1 aliphatic heterocycles. The lowest BCUT2D eigenvalue weighted by Crippen LogP contribution is -2.36. The summed E-state index contributed by atoms with van der Waals surface area (Å²) in [5.74, 6) is -2.16.